The third-order valence-corrected chi connectivity index (χ3v) is 9.22. The van der Waals surface area contributed by atoms with Crippen molar-refractivity contribution in [2.24, 2.45) is 11.8 Å². The van der Waals surface area contributed by atoms with E-state index in [0.717, 1.165) is 54.0 Å². The molecule has 2 atom stereocenters. The van der Waals surface area contributed by atoms with E-state index in [4.69, 9.17) is 21.3 Å². The molecule has 2 aliphatic rings. The van der Waals surface area contributed by atoms with Crippen LogP contribution in [-0.4, -0.2) is 66.2 Å². The predicted octanol–water partition coefficient (Wildman–Crippen LogP) is 5.39. The fraction of sp³-hybridized carbons (Fsp3) is 0.600. The van der Waals surface area contributed by atoms with Gasteiger partial charge in [-0.1, -0.05) is 37.9 Å². The summed E-state index contributed by atoms with van der Waals surface area (Å²) in [7, 11) is 0. The molecule has 0 radical (unpaired) electrons. The van der Waals surface area contributed by atoms with Gasteiger partial charge in [0.25, 0.3) is 0 Å². The Labute approximate surface area is 240 Å². The van der Waals surface area contributed by atoms with Crippen LogP contribution in [0.2, 0.25) is 5.02 Å². The number of carbonyl (C=O) groups is 3. The van der Waals surface area contributed by atoms with E-state index in [-0.39, 0.29) is 29.9 Å². The molecule has 2 aromatic rings. The van der Waals surface area contributed by atoms with Crippen LogP contribution in [0.25, 0.3) is 10.2 Å². The molecule has 4 rings (SSSR count). The number of thiazole rings is 1. The predicted molar refractivity (Wildman–Crippen MR) is 156 cm³/mol. The first-order chi connectivity index (χ1) is 18.8. The number of hydrogen-bond acceptors (Lipinski definition) is 7. The molecule has 1 N–H and O–H groups in total. The molecule has 0 unspecified atom stereocenters. The summed E-state index contributed by atoms with van der Waals surface area (Å²) in [5.74, 6) is -0.146. The highest BCUT2D eigenvalue weighted by molar-refractivity contribution is 7.18. The maximum Gasteiger partial charge on any atom is 0.224 e. The van der Waals surface area contributed by atoms with Crippen LogP contribution in [-0.2, 0) is 25.5 Å². The van der Waals surface area contributed by atoms with Crippen molar-refractivity contribution in [2.75, 3.05) is 32.8 Å². The van der Waals surface area contributed by atoms with Gasteiger partial charge in [-0.3, -0.25) is 19.3 Å². The van der Waals surface area contributed by atoms with Crippen molar-refractivity contribution in [3.63, 3.8) is 0 Å². The number of benzene rings is 1. The number of nitrogens with zero attached hydrogens (tertiary/aromatic N) is 2. The van der Waals surface area contributed by atoms with Crippen LogP contribution in [0.15, 0.2) is 30.4 Å². The summed E-state index contributed by atoms with van der Waals surface area (Å²) in [6.45, 7) is 9.44. The molecule has 0 spiro atoms. The molecular formula is C30H40ClN3O4S. The molecule has 1 aromatic heterocycles. The highest BCUT2D eigenvalue weighted by Gasteiger charge is 2.31. The second-order valence-corrected chi connectivity index (χ2v) is 12.4. The molecule has 212 valence electrons. The van der Waals surface area contributed by atoms with Crippen molar-refractivity contribution in [3.05, 3.63) is 40.4 Å². The lowest BCUT2D eigenvalue weighted by atomic mass is 9.90. The topological polar surface area (TPSA) is 88.6 Å². The monoisotopic (exact) mass is 573 g/mol. The van der Waals surface area contributed by atoms with E-state index in [2.05, 4.69) is 16.8 Å². The van der Waals surface area contributed by atoms with Gasteiger partial charge >= 0.3 is 0 Å². The maximum atomic E-state index is 13.6. The fourth-order valence-corrected chi connectivity index (χ4v) is 6.91. The molecular weight excluding hydrogens is 534 g/mol. The standard InChI is InChI=1S/C30H40ClN3O4S/c1-3-24(35)16-22(17-29-32-26-9-8-23(31)18-28(26)39-29)30(37)33-25(21-6-4-5-7-21)10-11-27(36)20(2)19-34-12-14-38-15-13-34/h8-9,18,21-22,25H,2-7,10-17,19H2,1H3,(H,33,37)/t22-,25+/m0/s1. The molecule has 1 aliphatic carbocycles. The van der Waals surface area contributed by atoms with Crippen LogP contribution in [0.5, 0.6) is 0 Å². The molecule has 2 fully saturated rings. The molecule has 39 heavy (non-hydrogen) atoms. The first-order valence-corrected chi connectivity index (χ1v) is 15.4. The minimum Gasteiger partial charge on any atom is -0.379 e. The Balaban J connectivity index is 1.41. The van der Waals surface area contributed by atoms with Crippen LogP contribution in [0.1, 0.15) is 63.3 Å². The van der Waals surface area contributed by atoms with Gasteiger partial charge < -0.3 is 10.1 Å². The first kappa shape index (κ1) is 29.8. The summed E-state index contributed by atoms with van der Waals surface area (Å²) < 4.78 is 6.37. The largest absolute Gasteiger partial charge is 0.379 e. The third kappa shape index (κ3) is 8.68. The highest BCUT2D eigenvalue weighted by Crippen LogP contribution is 2.31. The van der Waals surface area contributed by atoms with Gasteiger partial charge in [0.2, 0.25) is 5.91 Å². The van der Waals surface area contributed by atoms with Gasteiger partial charge in [-0.25, -0.2) is 4.98 Å². The third-order valence-electron chi connectivity index (χ3n) is 7.95. The number of ether oxygens (including phenoxy) is 1. The summed E-state index contributed by atoms with van der Waals surface area (Å²) in [6.07, 6.45) is 6.31. The zero-order valence-electron chi connectivity index (χ0n) is 22.9. The lowest BCUT2D eigenvalue weighted by Crippen LogP contribution is -2.44. The Hall–Kier alpha value is -2.13. The van der Waals surface area contributed by atoms with Gasteiger partial charge in [-0.15, -0.1) is 11.3 Å². The van der Waals surface area contributed by atoms with E-state index in [1.165, 1.54) is 11.3 Å². The summed E-state index contributed by atoms with van der Waals surface area (Å²) >= 11 is 7.66. The Morgan fingerprint density at radius 2 is 1.97 bits per heavy atom. The molecule has 1 aromatic carbocycles. The molecule has 9 heteroatoms. The number of ketones is 2. The number of amides is 1. The van der Waals surface area contributed by atoms with Gasteiger partial charge in [0, 0.05) is 62.0 Å². The summed E-state index contributed by atoms with van der Waals surface area (Å²) in [5.41, 5.74) is 1.47. The van der Waals surface area contributed by atoms with Crippen molar-refractivity contribution in [3.8, 4) is 0 Å². The molecule has 1 saturated heterocycles. The Morgan fingerprint density at radius 3 is 2.69 bits per heavy atom. The summed E-state index contributed by atoms with van der Waals surface area (Å²) in [5, 5.41) is 4.75. The molecule has 1 amide bonds. The van der Waals surface area contributed by atoms with Gasteiger partial charge in [0.1, 0.15) is 5.78 Å². The summed E-state index contributed by atoms with van der Waals surface area (Å²) in [4.78, 5) is 46.0. The van der Waals surface area contributed by atoms with E-state index in [1.54, 1.807) is 6.07 Å². The zero-order valence-corrected chi connectivity index (χ0v) is 24.5. The average Bonchev–Trinajstić information content (AvgIpc) is 3.60. The smallest absolute Gasteiger partial charge is 0.224 e. The lowest BCUT2D eigenvalue weighted by Gasteiger charge is -2.28. The Morgan fingerprint density at radius 1 is 1.23 bits per heavy atom. The molecule has 0 bridgehead atoms. The zero-order chi connectivity index (χ0) is 27.8. The molecule has 1 saturated carbocycles. The van der Waals surface area contributed by atoms with E-state index in [1.807, 2.05) is 19.1 Å². The van der Waals surface area contributed by atoms with Crippen LogP contribution in [0, 0.1) is 11.8 Å². The first-order valence-electron chi connectivity index (χ1n) is 14.2. The van der Waals surface area contributed by atoms with Crippen molar-refractivity contribution in [2.45, 2.75) is 70.8 Å². The fourth-order valence-electron chi connectivity index (χ4n) is 5.59. The van der Waals surface area contributed by atoms with Crippen LogP contribution < -0.4 is 5.32 Å². The van der Waals surface area contributed by atoms with Gasteiger partial charge in [0.05, 0.1) is 34.4 Å². The van der Waals surface area contributed by atoms with Gasteiger partial charge in [-0.05, 0) is 43.4 Å². The highest BCUT2D eigenvalue weighted by atomic mass is 35.5. The van der Waals surface area contributed by atoms with E-state index < -0.39 is 5.92 Å². The van der Waals surface area contributed by atoms with E-state index in [0.29, 0.717) is 62.0 Å². The number of rotatable bonds is 14. The number of Topliss-reactive ketones (excluding diaryl/α,β-unsaturated/α-hetero) is 2. The minimum absolute atomic E-state index is 0.0598. The average molecular weight is 574 g/mol. The number of nitrogens with one attached hydrogen (secondary N) is 1. The number of carbonyl (C=O) groups excluding carboxylic acids is 3. The number of fused-ring (bicyclic) bond motifs is 1. The molecule has 7 nitrogen and oxygen atoms in total. The molecule has 2 heterocycles. The summed E-state index contributed by atoms with van der Waals surface area (Å²) in [6, 6.07) is 5.48. The molecule has 1 aliphatic heterocycles. The lowest BCUT2D eigenvalue weighted by molar-refractivity contribution is -0.130. The Kier molecular flexibility index (Phi) is 11.1. The maximum absolute atomic E-state index is 13.6. The quantitative estimate of drug-likeness (QED) is 0.305. The van der Waals surface area contributed by atoms with Gasteiger partial charge in [-0.2, -0.15) is 0 Å². The number of hydrogen-bond donors (Lipinski definition) is 1. The number of aromatic nitrogens is 1. The second-order valence-electron chi connectivity index (χ2n) is 10.8. The van der Waals surface area contributed by atoms with Crippen molar-refractivity contribution in [1.29, 1.82) is 0 Å². The normalized spacial score (nSPS) is 18.2. The second kappa shape index (κ2) is 14.5. The van der Waals surface area contributed by atoms with Crippen LogP contribution >= 0.6 is 22.9 Å². The van der Waals surface area contributed by atoms with Crippen molar-refractivity contribution >= 4 is 50.6 Å². The Bertz CT molecular complexity index is 1170. The van der Waals surface area contributed by atoms with E-state index >= 15 is 0 Å². The van der Waals surface area contributed by atoms with E-state index in [9.17, 15) is 14.4 Å². The van der Waals surface area contributed by atoms with Gasteiger partial charge in [0.15, 0.2) is 5.78 Å². The SMILES string of the molecule is C=C(CN1CCOCC1)C(=O)CC[C@@H](NC(=O)[C@@H](CC(=O)CC)Cc1nc2ccc(Cl)cc2s1)C1CCCC1. The van der Waals surface area contributed by atoms with Crippen LogP contribution in [0.3, 0.4) is 0 Å². The minimum atomic E-state index is -0.496. The number of halogens is 1. The number of morpholine rings is 1. The van der Waals surface area contributed by atoms with Crippen molar-refractivity contribution < 1.29 is 19.1 Å². The van der Waals surface area contributed by atoms with Crippen LogP contribution in [0.4, 0.5) is 0 Å². The van der Waals surface area contributed by atoms with Crippen molar-refractivity contribution in [1.82, 2.24) is 15.2 Å².